The van der Waals surface area contributed by atoms with Gasteiger partial charge in [0.15, 0.2) is 5.82 Å². The molecule has 0 saturated carbocycles. The highest BCUT2D eigenvalue weighted by atomic mass is 32.2. The molecule has 7 nitrogen and oxygen atoms in total. The molecule has 0 aliphatic carbocycles. The molecule has 0 spiro atoms. The van der Waals surface area contributed by atoms with Gasteiger partial charge in [0, 0.05) is 24.5 Å². The van der Waals surface area contributed by atoms with E-state index in [-0.39, 0.29) is 16.7 Å². The molecule has 0 atom stereocenters. The van der Waals surface area contributed by atoms with Crippen LogP contribution >= 0.6 is 0 Å². The van der Waals surface area contributed by atoms with E-state index in [1.807, 2.05) is 30.3 Å². The molecule has 0 fully saturated rings. The normalized spacial score (nSPS) is 11.3. The molecular formula is C20H17N5O2S. The maximum atomic E-state index is 13.1. The number of rotatable bonds is 6. The quantitative estimate of drug-likeness (QED) is 0.543. The van der Waals surface area contributed by atoms with Crippen LogP contribution in [0.25, 0.3) is 11.4 Å². The Bertz CT molecular complexity index is 1160. The van der Waals surface area contributed by atoms with Gasteiger partial charge in [-0.25, -0.2) is 0 Å². The minimum Gasteiger partial charge on any atom is -0.349 e. The molecule has 2 aromatic heterocycles. The average Bonchev–Trinajstić information content (AvgIpc) is 3.19. The van der Waals surface area contributed by atoms with Crippen molar-refractivity contribution in [2.24, 2.45) is 0 Å². The van der Waals surface area contributed by atoms with Crippen LogP contribution in [0.5, 0.6) is 0 Å². The van der Waals surface area contributed by atoms with Gasteiger partial charge in [-0.1, -0.05) is 48.5 Å². The minimum absolute atomic E-state index is 0.139. The summed E-state index contributed by atoms with van der Waals surface area (Å²) in [5.41, 5.74) is 1.63. The summed E-state index contributed by atoms with van der Waals surface area (Å²) < 4.78 is 27.2. The Morgan fingerprint density at radius 1 is 0.893 bits per heavy atom. The topological polar surface area (TPSA) is 89.8 Å². The molecule has 2 heterocycles. The second-order valence-electron chi connectivity index (χ2n) is 6.00. The Morgan fingerprint density at radius 3 is 2.29 bits per heavy atom. The molecule has 2 aromatic carbocycles. The summed E-state index contributed by atoms with van der Waals surface area (Å²) in [6, 6.07) is 21.3. The molecule has 0 saturated heterocycles. The van der Waals surface area contributed by atoms with E-state index in [2.05, 4.69) is 20.4 Å². The summed E-state index contributed by atoms with van der Waals surface area (Å²) in [7, 11) is -3.90. The van der Waals surface area contributed by atoms with Crippen LogP contribution in [0, 0.1) is 0 Å². The second-order valence-corrected chi connectivity index (χ2v) is 7.77. The number of pyridine rings is 1. The Balaban J connectivity index is 1.76. The Kier molecular flexibility index (Phi) is 4.86. The molecule has 0 radical (unpaired) electrons. The molecule has 0 amide bonds. The predicted molar refractivity (Wildman–Crippen MR) is 106 cm³/mol. The number of benzene rings is 2. The molecule has 28 heavy (non-hydrogen) atoms. The van der Waals surface area contributed by atoms with Crippen LogP contribution < -0.4 is 5.32 Å². The Hall–Kier alpha value is -3.52. The van der Waals surface area contributed by atoms with Crippen LogP contribution in [0.4, 0.5) is 5.95 Å². The van der Waals surface area contributed by atoms with Crippen molar-refractivity contribution in [1.82, 2.24) is 19.2 Å². The molecule has 4 aromatic rings. The van der Waals surface area contributed by atoms with Gasteiger partial charge in [0.1, 0.15) is 0 Å². The zero-order valence-corrected chi connectivity index (χ0v) is 15.6. The molecule has 0 aliphatic heterocycles. The van der Waals surface area contributed by atoms with E-state index in [0.29, 0.717) is 12.1 Å². The summed E-state index contributed by atoms with van der Waals surface area (Å²) in [4.78, 5) is 8.60. The standard InChI is InChI=1S/C20H17N5O2S/c26-28(27,18-11-5-2-6-12-18)25-20(22-14-16-8-3-1-4-9-16)23-19(24-25)17-10-7-13-21-15-17/h1-13,15H,14H2,(H,22,23,24). The molecule has 4 rings (SSSR count). The van der Waals surface area contributed by atoms with E-state index in [1.54, 1.807) is 42.7 Å². The van der Waals surface area contributed by atoms with Gasteiger partial charge in [0.05, 0.1) is 4.90 Å². The molecule has 0 unspecified atom stereocenters. The fourth-order valence-electron chi connectivity index (χ4n) is 2.66. The van der Waals surface area contributed by atoms with E-state index in [1.165, 1.54) is 12.1 Å². The highest BCUT2D eigenvalue weighted by Gasteiger charge is 2.24. The zero-order valence-electron chi connectivity index (χ0n) is 14.8. The first-order valence-corrected chi connectivity index (χ1v) is 10.0. The van der Waals surface area contributed by atoms with Gasteiger partial charge in [-0.3, -0.25) is 4.98 Å². The highest BCUT2D eigenvalue weighted by molar-refractivity contribution is 7.90. The highest BCUT2D eigenvalue weighted by Crippen LogP contribution is 2.22. The number of nitrogens with one attached hydrogen (secondary N) is 1. The lowest BCUT2D eigenvalue weighted by molar-refractivity contribution is 0.580. The molecule has 1 N–H and O–H groups in total. The van der Waals surface area contributed by atoms with Crippen LogP contribution in [0.2, 0.25) is 0 Å². The number of hydrogen-bond acceptors (Lipinski definition) is 6. The number of nitrogens with zero attached hydrogens (tertiary/aromatic N) is 4. The van der Waals surface area contributed by atoms with Gasteiger partial charge >= 0.3 is 0 Å². The monoisotopic (exact) mass is 391 g/mol. The number of anilines is 1. The first-order chi connectivity index (χ1) is 13.6. The summed E-state index contributed by atoms with van der Waals surface area (Å²) >= 11 is 0. The first kappa shape index (κ1) is 17.9. The summed E-state index contributed by atoms with van der Waals surface area (Å²) in [6.07, 6.45) is 3.23. The zero-order chi connectivity index (χ0) is 19.4. The Morgan fingerprint density at radius 2 is 1.61 bits per heavy atom. The SMILES string of the molecule is O=S(=O)(c1ccccc1)n1nc(-c2cccnc2)nc1NCc1ccccc1. The van der Waals surface area contributed by atoms with Crippen LogP contribution in [0.15, 0.2) is 90.1 Å². The number of hydrogen-bond donors (Lipinski definition) is 1. The van der Waals surface area contributed by atoms with Gasteiger partial charge < -0.3 is 5.32 Å². The summed E-state index contributed by atoms with van der Waals surface area (Å²) in [6.45, 7) is 0.413. The van der Waals surface area contributed by atoms with Crippen molar-refractivity contribution in [3.8, 4) is 11.4 Å². The molecule has 0 aliphatic rings. The van der Waals surface area contributed by atoms with E-state index in [4.69, 9.17) is 0 Å². The van der Waals surface area contributed by atoms with Crippen molar-refractivity contribution < 1.29 is 8.42 Å². The fraction of sp³-hybridized carbons (Fsp3) is 0.0500. The minimum atomic E-state index is -3.90. The van der Waals surface area contributed by atoms with Crippen molar-refractivity contribution in [3.63, 3.8) is 0 Å². The van der Waals surface area contributed by atoms with E-state index < -0.39 is 10.0 Å². The maximum Gasteiger partial charge on any atom is 0.286 e. The lowest BCUT2D eigenvalue weighted by atomic mass is 10.2. The molecule has 8 heteroatoms. The predicted octanol–water partition coefficient (Wildman–Crippen LogP) is 3.19. The Labute approximate surface area is 162 Å². The lowest BCUT2D eigenvalue weighted by Crippen LogP contribution is -2.18. The van der Waals surface area contributed by atoms with Gasteiger partial charge in [0.2, 0.25) is 5.95 Å². The lowest BCUT2D eigenvalue weighted by Gasteiger charge is -2.09. The third-order valence-corrected chi connectivity index (χ3v) is 5.64. The summed E-state index contributed by atoms with van der Waals surface area (Å²) in [5.74, 6) is 0.426. The van der Waals surface area contributed by atoms with Gasteiger partial charge in [-0.2, -0.15) is 13.4 Å². The van der Waals surface area contributed by atoms with E-state index in [9.17, 15) is 8.42 Å². The molecule has 0 bridgehead atoms. The van der Waals surface area contributed by atoms with E-state index >= 15 is 0 Å². The second kappa shape index (κ2) is 7.61. The maximum absolute atomic E-state index is 13.1. The van der Waals surface area contributed by atoms with Crippen molar-refractivity contribution >= 4 is 16.0 Å². The van der Waals surface area contributed by atoms with Crippen molar-refractivity contribution in [2.45, 2.75) is 11.4 Å². The average molecular weight is 391 g/mol. The third kappa shape index (κ3) is 3.63. The van der Waals surface area contributed by atoms with Crippen LogP contribution in [0.1, 0.15) is 5.56 Å². The smallest absolute Gasteiger partial charge is 0.286 e. The number of aromatic nitrogens is 4. The van der Waals surface area contributed by atoms with Gasteiger partial charge in [0.25, 0.3) is 10.0 Å². The third-order valence-electron chi connectivity index (χ3n) is 4.06. The van der Waals surface area contributed by atoms with Gasteiger partial charge in [-0.05, 0) is 29.8 Å². The summed E-state index contributed by atoms with van der Waals surface area (Å²) in [5, 5.41) is 7.34. The van der Waals surface area contributed by atoms with E-state index in [0.717, 1.165) is 9.65 Å². The van der Waals surface area contributed by atoms with Crippen LogP contribution in [-0.2, 0) is 16.6 Å². The first-order valence-electron chi connectivity index (χ1n) is 8.60. The van der Waals surface area contributed by atoms with Gasteiger partial charge in [-0.15, -0.1) is 9.19 Å². The van der Waals surface area contributed by atoms with Crippen molar-refractivity contribution in [3.05, 3.63) is 90.8 Å². The largest absolute Gasteiger partial charge is 0.349 e. The van der Waals surface area contributed by atoms with Crippen molar-refractivity contribution in [1.29, 1.82) is 0 Å². The molecular weight excluding hydrogens is 374 g/mol. The fourth-order valence-corrected chi connectivity index (χ4v) is 3.88. The van der Waals surface area contributed by atoms with Crippen LogP contribution in [0.3, 0.4) is 0 Å². The van der Waals surface area contributed by atoms with Crippen LogP contribution in [-0.4, -0.2) is 27.6 Å². The molecule has 140 valence electrons. The van der Waals surface area contributed by atoms with Crippen molar-refractivity contribution in [2.75, 3.05) is 5.32 Å².